The van der Waals surface area contributed by atoms with Crippen LogP contribution in [0.4, 0.5) is 0 Å². The summed E-state index contributed by atoms with van der Waals surface area (Å²) in [6.07, 6.45) is 3.29. The fourth-order valence-corrected chi connectivity index (χ4v) is 2.08. The summed E-state index contributed by atoms with van der Waals surface area (Å²) in [4.78, 5) is 23.0. The molecule has 0 radical (unpaired) electrons. The maximum absolute atomic E-state index is 12.0. The van der Waals surface area contributed by atoms with Crippen molar-refractivity contribution in [2.75, 3.05) is 13.1 Å². The van der Waals surface area contributed by atoms with Crippen molar-refractivity contribution in [2.24, 2.45) is 0 Å². The molecule has 1 amide bonds. The van der Waals surface area contributed by atoms with Crippen molar-refractivity contribution in [3.63, 3.8) is 0 Å². The average Bonchev–Trinajstić information content (AvgIpc) is 2.40. The Morgan fingerprint density at radius 3 is 2.28 bits per heavy atom. The van der Waals surface area contributed by atoms with Crippen molar-refractivity contribution in [3.05, 3.63) is 35.4 Å². The van der Waals surface area contributed by atoms with Gasteiger partial charge in [0, 0.05) is 13.1 Å². The van der Waals surface area contributed by atoms with Gasteiger partial charge in [-0.3, -0.25) is 10.2 Å². The van der Waals surface area contributed by atoms with Gasteiger partial charge < -0.3 is 5.11 Å². The molecule has 0 saturated carbocycles. The molecule has 96 valence electrons. The van der Waals surface area contributed by atoms with E-state index in [1.807, 2.05) is 5.01 Å². The van der Waals surface area contributed by atoms with Gasteiger partial charge in [0.15, 0.2) is 0 Å². The van der Waals surface area contributed by atoms with Crippen molar-refractivity contribution in [2.45, 2.75) is 19.3 Å². The van der Waals surface area contributed by atoms with E-state index in [4.69, 9.17) is 5.11 Å². The molecule has 1 aliphatic rings. The third-order valence-corrected chi connectivity index (χ3v) is 3.02. The van der Waals surface area contributed by atoms with E-state index in [-0.39, 0.29) is 17.0 Å². The van der Waals surface area contributed by atoms with Gasteiger partial charge in [0.25, 0.3) is 5.91 Å². The van der Waals surface area contributed by atoms with Gasteiger partial charge in [-0.1, -0.05) is 18.6 Å². The van der Waals surface area contributed by atoms with Crippen molar-refractivity contribution >= 4 is 11.9 Å². The standard InChI is InChI=1S/C13H16N2O3/c16-12(14-15-8-4-1-5-9-15)10-6-2-3-7-11(10)13(17)18/h2-3,6-7H,1,4-5,8-9H2,(H,14,16)(H,17,18). The smallest absolute Gasteiger partial charge is 0.336 e. The zero-order chi connectivity index (χ0) is 13.0. The molecule has 1 saturated heterocycles. The Balaban J connectivity index is 2.10. The maximum Gasteiger partial charge on any atom is 0.336 e. The number of amides is 1. The Hall–Kier alpha value is -1.88. The largest absolute Gasteiger partial charge is 0.478 e. The highest BCUT2D eigenvalue weighted by molar-refractivity contribution is 6.04. The van der Waals surface area contributed by atoms with Gasteiger partial charge in [-0.25, -0.2) is 9.80 Å². The molecule has 0 spiro atoms. The molecule has 1 aliphatic heterocycles. The number of carbonyl (C=O) groups excluding carboxylic acids is 1. The predicted molar refractivity (Wildman–Crippen MR) is 66.3 cm³/mol. The number of carbonyl (C=O) groups is 2. The highest BCUT2D eigenvalue weighted by atomic mass is 16.4. The minimum atomic E-state index is -1.08. The maximum atomic E-state index is 12.0. The van der Waals surface area contributed by atoms with Crippen LogP contribution >= 0.6 is 0 Å². The van der Waals surface area contributed by atoms with Gasteiger partial charge in [-0.15, -0.1) is 0 Å². The minimum absolute atomic E-state index is 0.0343. The predicted octanol–water partition coefficient (Wildman–Crippen LogP) is 1.52. The Morgan fingerprint density at radius 1 is 1.06 bits per heavy atom. The third kappa shape index (κ3) is 2.87. The molecule has 1 aromatic rings. The summed E-state index contributed by atoms with van der Waals surface area (Å²) in [5.74, 6) is -1.44. The topological polar surface area (TPSA) is 69.6 Å². The summed E-state index contributed by atoms with van der Waals surface area (Å²) < 4.78 is 0. The fraction of sp³-hybridized carbons (Fsp3) is 0.385. The first-order valence-corrected chi connectivity index (χ1v) is 6.07. The number of hydrogen-bond donors (Lipinski definition) is 2. The first-order valence-electron chi connectivity index (χ1n) is 6.07. The number of aromatic carboxylic acids is 1. The molecular formula is C13H16N2O3. The number of carboxylic acids is 1. The van der Waals surface area contributed by atoms with E-state index < -0.39 is 5.97 Å². The summed E-state index contributed by atoms with van der Waals surface area (Å²) in [5.41, 5.74) is 3.00. The molecule has 0 aliphatic carbocycles. The zero-order valence-electron chi connectivity index (χ0n) is 10.1. The lowest BCUT2D eigenvalue weighted by molar-refractivity contribution is 0.0675. The van der Waals surface area contributed by atoms with E-state index in [2.05, 4.69) is 5.43 Å². The van der Waals surface area contributed by atoms with Crippen LogP contribution in [0, 0.1) is 0 Å². The molecule has 0 atom stereocenters. The monoisotopic (exact) mass is 248 g/mol. The molecule has 1 aromatic carbocycles. The second-order valence-electron chi connectivity index (χ2n) is 4.34. The van der Waals surface area contributed by atoms with Crippen molar-refractivity contribution < 1.29 is 14.7 Å². The number of benzene rings is 1. The SMILES string of the molecule is O=C(O)c1ccccc1C(=O)NN1CCCCC1. The number of carboxylic acid groups (broad SMARTS) is 1. The molecule has 2 N–H and O–H groups in total. The summed E-state index contributed by atoms with van der Waals surface area (Å²) in [7, 11) is 0. The lowest BCUT2D eigenvalue weighted by Gasteiger charge is -2.26. The minimum Gasteiger partial charge on any atom is -0.478 e. The molecule has 0 unspecified atom stereocenters. The van der Waals surface area contributed by atoms with E-state index in [0.29, 0.717) is 0 Å². The van der Waals surface area contributed by atoms with Crippen LogP contribution in [-0.4, -0.2) is 35.1 Å². The summed E-state index contributed by atoms with van der Waals surface area (Å²) in [6, 6.07) is 6.24. The Kier molecular flexibility index (Phi) is 3.94. The van der Waals surface area contributed by atoms with Crippen LogP contribution in [0.1, 0.15) is 40.0 Å². The zero-order valence-corrected chi connectivity index (χ0v) is 10.1. The fourth-order valence-electron chi connectivity index (χ4n) is 2.08. The lowest BCUT2D eigenvalue weighted by atomic mass is 10.1. The number of rotatable bonds is 3. The normalized spacial score (nSPS) is 16.2. The van der Waals surface area contributed by atoms with Crippen LogP contribution in [0.2, 0.25) is 0 Å². The number of hydrazine groups is 1. The molecule has 1 heterocycles. The van der Waals surface area contributed by atoms with Gasteiger partial charge in [0.05, 0.1) is 11.1 Å². The van der Waals surface area contributed by atoms with Crippen LogP contribution in [0.5, 0.6) is 0 Å². The lowest BCUT2D eigenvalue weighted by Crippen LogP contribution is -2.45. The highest BCUT2D eigenvalue weighted by Crippen LogP contribution is 2.11. The van der Waals surface area contributed by atoms with Crippen LogP contribution in [0.15, 0.2) is 24.3 Å². The van der Waals surface area contributed by atoms with Gasteiger partial charge in [0.2, 0.25) is 0 Å². The van der Waals surface area contributed by atoms with Gasteiger partial charge in [-0.05, 0) is 25.0 Å². The summed E-state index contributed by atoms with van der Waals surface area (Å²) in [6.45, 7) is 1.64. The van der Waals surface area contributed by atoms with Crippen molar-refractivity contribution in [1.29, 1.82) is 0 Å². The molecular weight excluding hydrogens is 232 g/mol. The molecule has 5 nitrogen and oxygen atoms in total. The summed E-state index contributed by atoms with van der Waals surface area (Å²) in [5, 5.41) is 10.9. The Bertz CT molecular complexity index is 453. The van der Waals surface area contributed by atoms with Gasteiger partial charge >= 0.3 is 5.97 Å². The number of piperidine rings is 1. The number of nitrogens with zero attached hydrogens (tertiary/aromatic N) is 1. The van der Waals surface area contributed by atoms with Gasteiger partial charge in [-0.2, -0.15) is 0 Å². The van der Waals surface area contributed by atoms with Crippen LogP contribution in [0.3, 0.4) is 0 Å². The van der Waals surface area contributed by atoms with Crippen LogP contribution in [0.25, 0.3) is 0 Å². The summed E-state index contributed by atoms with van der Waals surface area (Å²) >= 11 is 0. The van der Waals surface area contributed by atoms with E-state index in [9.17, 15) is 9.59 Å². The number of nitrogens with one attached hydrogen (secondary N) is 1. The first kappa shape index (κ1) is 12.6. The third-order valence-electron chi connectivity index (χ3n) is 3.02. The van der Waals surface area contributed by atoms with Crippen LogP contribution in [-0.2, 0) is 0 Å². The molecule has 0 aromatic heterocycles. The molecule has 5 heteroatoms. The van der Waals surface area contributed by atoms with E-state index in [0.717, 1.165) is 25.9 Å². The van der Waals surface area contributed by atoms with Crippen LogP contribution < -0.4 is 5.43 Å². The highest BCUT2D eigenvalue weighted by Gasteiger charge is 2.18. The van der Waals surface area contributed by atoms with E-state index >= 15 is 0 Å². The first-order chi connectivity index (χ1) is 8.68. The van der Waals surface area contributed by atoms with Crippen molar-refractivity contribution in [3.8, 4) is 0 Å². The van der Waals surface area contributed by atoms with Crippen molar-refractivity contribution in [1.82, 2.24) is 10.4 Å². The Morgan fingerprint density at radius 2 is 1.67 bits per heavy atom. The van der Waals surface area contributed by atoms with Gasteiger partial charge in [0.1, 0.15) is 0 Å². The Labute approximate surface area is 105 Å². The molecule has 18 heavy (non-hydrogen) atoms. The number of hydrogen-bond acceptors (Lipinski definition) is 3. The molecule has 0 bridgehead atoms. The second kappa shape index (κ2) is 5.64. The quantitative estimate of drug-likeness (QED) is 0.850. The van der Waals surface area contributed by atoms with E-state index in [1.165, 1.54) is 18.6 Å². The molecule has 2 rings (SSSR count). The average molecular weight is 248 g/mol. The molecule has 1 fully saturated rings. The second-order valence-corrected chi connectivity index (χ2v) is 4.34. The van der Waals surface area contributed by atoms with E-state index in [1.54, 1.807) is 12.1 Å².